The average molecular weight is 351 g/mol. The van der Waals surface area contributed by atoms with Crippen LogP contribution < -0.4 is 10.1 Å². The first-order chi connectivity index (χ1) is 12.5. The first kappa shape index (κ1) is 17.6. The molecule has 0 radical (unpaired) electrons. The fraction of sp³-hybridized carbons (Fsp3) is 0.263. The number of nitrogens with zero attached hydrogens (tertiary/aromatic N) is 4. The van der Waals surface area contributed by atoms with E-state index in [2.05, 4.69) is 20.3 Å². The van der Waals surface area contributed by atoms with Crippen LogP contribution in [0.5, 0.6) is 5.75 Å². The maximum atomic E-state index is 12.3. The number of hydrogen-bond acceptors (Lipinski definition) is 5. The Balaban J connectivity index is 1.68. The summed E-state index contributed by atoms with van der Waals surface area (Å²) in [5.41, 5.74) is 2.44. The molecule has 0 fully saturated rings. The predicted octanol–water partition coefficient (Wildman–Crippen LogP) is 2.99. The van der Waals surface area contributed by atoms with E-state index in [1.54, 1.807) is 31.5 Å². The summed E-state index contributed by atoms with van der Waals surface area (Å²) in [7, 11) is 0. The smallest absolute Gasteiger partial charge is 0.265 e. The number of benzene rings is 1. The first-order valence-corrected chi connectivity index (χ1v) is 8.33. The molecule has 2 aromatic heterocycles. The highest BCUT2D eigenvalue weighted by atomic mass is 16.5. The van der Waals surface area contributed by atoms with Crippen molar-refractivity contribution in [3.8, 4) is 11.7 Å². The molecule has 1 N–H and O–H groups in total. The highest BCUT2D eigenvalue weighted by Gasteiger charge is 2.16. The number of carbonyl (C=O) groups excluding carboxylic acids is 1. The third kappa shape index (κ3) is 3.72. The molecule has 3 rings (SSSR count). The van der Waals surface area contributed by atoms with Crippen LogP contribution in [0.2, 0.25) is 0 Å². The summed E-state index contributed by atoms with van der Waals surface area (Å²) >= 11 is 0. The summed E-state index contributed by atoms with van der Waals surface area (Å²) in [4.78, 5) is 25.4. The number of imidazole rings is 1. The molecule has 1 aromatic carbocycles. The van der Waals surface area contributed by atoms with Crippen LogP contribution >= 0.6 is 0 Å². The second-order valence-corrected chi connectivity index (χ2v) is 6.00. The predicted molar refractivity (Wildman–Crippen MR) is 98.5 cm³/mol. The Morgan fingerprint density at radius 1 is 1.12 bits per heavy atom. The van der Waals surface area contributed by atoms with E-state index in [1.807, 2.05) is 43.5 Å². The van der Waals surface area contributed by atoms with Crippen molar-refractivity contribution in [2.45, 2.75) is 33.8 Å². The van der Waals surface area contributed by atoms with Crippen LogP contribution in [0.1, 0.15) is 24.1 Å². The van der Waals surface area contributed by atoms with Crippen molar-refractivity contribution in [3.05, 3.63) is 59.9 Å². The third-order valence-electron chi connectivity index (χ3n) is 4.04. The van der Waals surface area contributed by atoms with E-state index >= 15 is 0 Å². The molecule has 7 nitrogen and oxygen atoms in total. The monoisotopic (exact) mass is 351 g/mol. The molecule has 0 aliphatic rings. The van der Waals surface area contributed by atoms with Crippen molar-refractivity contribution >= 4 is 11.6 Å². The Morgan fingerprint density at radius 2 is 1.77 bits per heavy atom. The van der Waals surface area contributed by atoms with Gasteiger partial charge >= 0.3 is 0 Å². The largest absolute Gasteiger partial charge is 0.481 e. The van der Waals surface area contributed by atoms with Crippen LogP contribution in [0, 0.1) is 20.8 Å². The molecule has 0 bridgehead atoms. The Hall–Kier alpha value is -3.22. The van der Waals surface area contributed by atoms with E-state index in [-0.39, 0.29) is 5.91 Å². The molecular formula is C19H21N5O2. The van der Waals surface area contributed by atoms with Crippen molar-refractivity contribution in [2.75, 3.05) is 5.32 Å². The lowest BCUT2D eigenvalue weighted by molar-refractivity contribution is -0.122. The normalized spacial score (nSPS) is 11.8. The summed E-state index contributed by atoms with van der Waals surface area (Å²) in [6.07, 6.45) is 2.51. The lowest BCUT2D eigenvalue weighted by atomic mass is 10.3. The molecule has 0 aliphatic carbocycles. The Labute approximate surface area is 152 Å². The standard InChI is InChI=1S/C19H21N5O2/c1-12-13(2)24(15(4)22-12)19-20-10-16(11-21-19)23-18(25)14(3)26-17-8-6-5-7-9-17/h5-11,14H,1-4H3,(H,23,25). The summed E-state index contributed by atoms with van der Waals surface area (Å²) in [6, 6.07) is 9.21. The van der Waals surface area contributed by atoms with Gasteiger partial charge in [0, 0.05) is 5.69 Å². The summed E-state index contributed by atoms with van der Waals surface area (Å²) in [6.45, 7) is 7.51. The Kier molecular flexibility index (Phi) is 4.97. The van der Waals surface area contributed by atoms with Crippen molar-refractivity contribution in [1.82, 2.24) is 19.5 Å². The molecule has 3 aromatic rings. The minimum atomic E-state index is -0.641. The van der Waals surface area contributed by atoms with E-state index in [9.17, 15) is 4.79 Å². The molecule has 7 heteroatoms. The fourth-order valence-corrected chi connectivity index (χ4v) is 2.57. The highest BCUT2D eigenvalue weighted by Crippen LogP contribution is 2.15. The van der Waals surface area contributed by atoms with Crippen LogP contribution in [-0.4, -0.2) is 31.5 Å². The van der Waals surface area contributed by atoms with E-state index in [4.69, 9.17) is 4.74 Å². The van der Waals surface area contributed by atoms with Gasteiger partial charge in [0.15, 0.2) is 6.10 Å². The average Bonchev–Trinajstić information content (AvgIpc) is 2.89. The molecule has 1 unspecified atom stereocenters. The zero-order valence-electron chi connectivity index (χ0n) is 15.2. The van der Waals surface area contributed by atoms with E-state index in [1.165, 1.54) is 0 Å². The van der Waals surface area contributed by atoms with Crippen LogP contribution in [0.3, 0.4) is 0 Å². The Bertz CT molecular complexity index is 904. The number of amides is 1. The highest BCUT2D eigenvalue weighted by molar-refractivity contribution is 5.93. The summed E-state index contributed by atoms with van der Waals surface area (Å²) < 4.78 is 7.49. The molecule has 1 amide bonds. The van der Waals surface area contributed by atoms with Gasteiger partial charge in [0.05, 0.1) is 23.8 Å². The molecule has 0 saturated carbocycles. The fourth-order valence-electron chi connectivity index (χ4n) is 2.57. The van der Waals surface area contributed by atoms with Gasteiger partial charge in [-0.1, -0.05) is 18.2 Å². The Morgan fingerprint density at radius 3 is 2.35 bits per heavy atom. The number of nitrogens with one attached hydrogen (secondary N) is 1. The van der Waals surface area contributed by atoms with E-state index in [0.29, 0.717) is 17.4 Å². The third-order valence-corrected chi connectivity index (χ3v) is 4.04. The van der Waals surface area contributed by atoms with Gasteiger partial charge in [0.1, 0.15) is 11.6 Å². The van der Waals surface area contributed by atoms with Crippen molar-refractivity contribution in [3.63, 3.8) is 0 Å². The number of carbonyl (C=O) groups is 1. The van der Waals surface area contributed by atoms with Crippen molar-refractivity contribution in [1.29, 1.82) is 0 Å². The van der Waals surface area contributed by atoms with E-state index in [0.717, 1.165) is 17.2 Å². The summed E-state index contributed by atoms with van der Waals surface area (Å²) in [5, 5.41) is 2.76. The maximum Gasteiger partial charge on any atom is 0.265 e. The number of aryl methyl sites for hydroxylation is 2. The molecular weight excluding hydrogens is 330 g/mol. The van der Waals surface area contributed by atoms with Gasteiger partial charge in [-0.25, -0.2) is 15.0 Å². The summed E-state index contributed by atoms with van der Waals surface area (Å²) in [5.74, 6) is 1.72. The molecule has 134 valence electrons. The molecule has 0 spiro atoms. The quantitative estimate of drug-likeness (QED) is 0.764. The van der Waals surface area contributed by atoms with Crippen LogP contribution in [0.25, 0.3) is 5.95 Å². The second-order valence-electron chi connectivity index (χ2n) is 6.00. The van der Waals surface area contributed by atoms with Crippen LogP contribution in [-0.2, 0) is 4.79 Å². The number of rotatable bonds is 5. The van der Waals surface area contributed by atoms with Gasteiger partial charge in [-0.05, 0) is 39.8 Å². The minimum Gasteiger partial charge on any atom is -0.481 e. The topological polar surface area (TPSA) is 81.9 Å². The minimum absolute atomic E-state index is 0.268. The van der Waals surface area contributed by atoms with Gasteiger partial charge < -0.3 is 10.1 Å². The van der Waals surface area contributed by atoms with Gasteiger partial charge in [-0.3, -0.25) is 9.36 Å². The molecule has 0 saturated heterocycles. The molecule has 1 atom stereocenters. The second kappa shape index (κ2) is 7.35. The lowest BCUT2D eigenvalue weighted by Gasteiger charge is -2.14. The van der Waals surface area contributed by atoms with E-state index < -0.39 is 6.10 Å². The zero-order chi connectivity index (χ0) is 18.7. The van der Waals surface area contributed by atoms with Gasteiger partial charge in [-0.2, -0.15) is 0 Å². The first-order valence-electron chi connectivity index (χ1n) is 8.33. The van der Waals surface area contributed by atoms with Gasteiger partial charge in [-0.15, -0.1) is 0 Å². The number of para-hydroxylation sites is 1. The molecule has 2 heterocycles. The van der Waals surface area contributed by atoms with Gasteiger partial charge in [0.2, 0.25) is 5.95 Å². The molecule has 26 heavy (non-hydrogen) atoms. The number of anilines is 1. The van der Waals surface area contributed by atoms with Crippen molar-refractivity contribution in [2.24, 2.45) is 0 Å². The maximum absolute atomic E-state index is 12.3. The number of ether oxygens (including phenoxy) is 1. The zero-order valence-corrected chi connectivity index (χ0v) is 15.2. The number of aromatic nitrogens is 4. The molecule has 0 aliphatic heterocycles. The van der Waals surface area contributed by atoms with Crippen LogP contribution in [0.4, 0.5) is 5.69 Å². The SMILES string of the molecule is Cc1nc(C)n(-c2ncc(NC(=O)C(C)Oc3ccccc3)cn2)c1C. The van der Waals surface area contributed by atoms with Gasteiger partial charge in [0.25, 0.3) is 5.91 Å². The van der Waals surface area contributed by atoms with Crippen molar-refractivity contribution < 1.29 is 9.53 Å². The lowest BCUT2D eigenvalue weighted by Crippen LogP contribution is -2.30. The van der Waals surface area contributed by atoms with Crippen LogP contribution in [0.15, 0.2) is 42.7 Å². The number of hydrogen-bond donors (Lipinski definition) is 1.